The Balaban J connectivity index is 2.46. The number of benzene rings is 2. The number of hydrogen-bond donors (Lipinski definition) is 2. The summed E-state index contributed by atoms with van der Waals surface area (Å²) in [4.78, 5) is 4.24. The maximum absolute atomic E-state index is 8.97. The van der Waals surface area contributed by atoms with Gasteiger partial charge in [-0.1, -0.05) is 30.3 Å². The van der Waals surface area contributed by atoms with Crippen molar-refractivity contribution in [3.8, 4) is 6.07 Å². The first-order valence-electron chi connectivity index (χ1n) is 5.81. The summed E-state index contributed by atoms with van der Waals surface area (Å²) in [6.07, 6.45) is 0. The summed E-state index contributed by atoms with van der Waals surface area (Å²) < 4.78 is 0. The van der Waals surface area contributed by atoms with Crippen molar-refractivity contribution >= 4 is 22.3 Å². The monoisotopic (exact) mass is 250 g/mol. The second-order valence-corrected chi connectivity index (χ2v) is 4.20. The second kappa shape index (κ2) is 5.23. The number of nitriles is 1. The Bertz CT molecular complexity index is 716. The zero-order valence-electron chi connectivity index (χ0n) is 10.6. The average Bonchev–Trinajstić information content (AvgIpc) is 2.39. The van der Waals surface area contributed by atoms with Gasteiger partial charge < -0.3 is 11.5 Å². The summed E-state index contributed by atoms with van der Waals surface area (Å²) in [5, 5.41) is 11.2. The van der Waals surface area contributed by atoms with Gasteiger partial charge in [-0.15, -0.1) is 0 Å². The number of amidine groups is 1. The normalized spacial score (nSPS) is 12.9. The first kappa shape index (κ1) is 12.7. The van der Waals surface area contributed by atoms with E-state index < -0.39 is 0 Å². The summed E-state index contributed by atoms with van der Waals surface area (Å²) in [6, 6.07) is 15.7. The highest BCUT2D eigenvalue weighted by atomic mass is 14.9. The molecule has 19 heavy (non-hydrogen) atoms. The molecule has 4 heteroatoms. The van der Waals surface area contributed by atoms with Gasteiger partial charge in [-0.3, -0.25) is 0 Å². The minimum atomic E-state index is 0.137. The van der Waals surface area contributed by atoms with Gasteiger partial charge in [0.1, 0.15) is 17.5 Å². The number of allylic oxidation sites excluding steroid dienone is 1. The SMILES string of the molecule is CC(N)=C(C#N)C(N)=Nc1ccc2ccccc2c1. The van der Waals surface area contributed by atoms with Gasteiger partial charge in [0.15, 0.2) is 0 Å². The molecule has 0 amide bonds. The molecular formula is C15H14N4. The van der Waals surface area contributed by atoms with Crippen molar-refractivity contribution in [3.63, 3.8) is 0 Å². The van der Waals surface area contributed by atoms with Gasteiger partial charge in [-0.25, -0.2) is 4.99 Å². The van der Waals surface area contributed by atoms with Crippen LogP contribution in [-0.4, -0.2) is 5.84 Å². The number of aliphatic imine (C=N–C) groups is 1. The van der Waals surface area contributed by atoms with Crippen molar-refractivity contribution in [1.29, 1.82) is 5.26 Å². The summed E-state index contributed by atoms with van der Waals surface area (Å²) in [5.74, 6) is 0.137. The van der Waals surface area contributed by atoms with E-state index in [1.54, 1.807) is 6.92 Å². The van der Waals surface area contributed by atoms with Gasteiger partial charge in [0, 0.05) is 5.70 Å². The van der Waals surface area contributed by atoms with Gasteiger partial charge in [0.25, 0.3) is 0 Å². The van der Waals surface area contributed by atoms with Crippen LogP contribution in [0.5, 0.6) is 0 Å². The highest BCUT2D eigenvalue weighted by molar-refractivity contribution is 6.02. The Kier molecular flexibility index (Phi) is 3.48. The zero-order valence-corrected chi connectivity index (χ0v) is 10.6. The van der Waals surface area contributed by atoms with Gasteiger partial charge in [0.05, 0.1) is 5.69 Å². The molecule has 94 valence electrons. The number of rotatable bonds is 2. The predicted octanol–water partition coefficient (Wildman–Crippen LogP) is 2.58. The van der Waals surface area contributed by atoms with Crippen LogP contribution in [0.25, 0.3) is 10.8 Å². The topological polar surface area (TPSA) is 88.2 Å². The fourth-order valence-corrected chi connectivity index (χ4v) is 1.79. The van der Waals surface area contributed by atoms with E-state index in [-0.39, 0.29) is 11.4 Å². The Morgan fingerprint density at radius 2 is 1.79 bits per heavy atom. The molecule has 0 fully saturated rings. The van der Waals surface area contributed by atoms with E-state index >= 15 is 0 Å². The van der Waals surface area contributed by atoms with E-state index in [1.165, 1.54) is 0 Å². The first-order valence-corrected chi connectivity index (χ1v) is 5.81. The largest absolute Gasteiger partial charge is 0.401 e. The van der Waals surface area contributed by atoms with E-state index in [9.17, 15) is 0 Å². The Labute approximate surface area is 111 Å². The van der Waals surface area contributed by atoms with Crippen LogP contribution in [0, 0.1) is 11.3 Å². The minimum absolute atomic E-state index is 0.137. The van der Waals surface area contributed by atoms with Crippen molar-refractivity contribution in [2.75, 3.05) is 0 Å². The lowest BCUT2D eigenvalue weighted by atomic mass is 10.1. The summed E-state index contributed by atoms with van der Waals surface area (Å²) in [7, 11) is 0. The predicted molar refractivity (Wildman–Crippen MR) is 77.7 cm³/mol. The number of fused-ring (bicyclic) bond motifs is 1. The molecule has 0 aromatic heterocycles. The molecule has 0 spiro atoms. The van der Waals surface area contributed by atoms with Crippen LogP contribution < -0.4 is 11.5 Å². The molecule has 0 saturated heterocycles. The van der Waals surface area contributed by atoms with Gasteiger partial charge in [-0.2, -0.15) is 5.26 Å². The van der Waals surface area contributed by atoms with E-state index in [1.807, 2.05) is 48.5 Å². The lowest BCUT2D eigenvalue weighted by Gasteiger charge is -2.02. The van der Waals surface area contributed by atoms with Crippen LogP contribution in [0.1, 0.15) is 6.92 Å². The fourth-order valence-electron chi connectivity index (χ4n) is 1.79. The highest BCUT2D eigenvalue weighted by Crippen LogP contribution is 2.21. The van der Waals surface area contributed by atoms with E-state index in [0.29, 0.717) is 11.4 Å². The number of nitrogens with zero attached hydrogens (tertiary/aromatic N) is 2. The lowest BCUT2D eigenvalue weighted by Crippen LogP contribution is -2.17. The number of hydrogen-bond acceptors (Lipinski definition) is 3. The van der Waals surface area contributed by atoms with E-state index in [4.69, 9.17) is 16.7 Å². The van der Waals surface area contributed by atoms with E-state index in [2.05, 4.69) is 4.99 Å². The molecule has 4 nitrogen and oxygen atoms in total. The molecule has 2 rings (SSSR count). The Hall–Kier alpha value is -2.80. The van der Waals surface area contributed by atoms with Crippen LogP contribution >= 0.6 is 0 Å². The third-order valence-corrected chi connectivity index (χ3v) is 2.74. The Morgan fingerprint density at radius 3 is 2.42 bits per heavy atom. The van der Waals surface area contributed by atoms with Crippen molar-refractivity contribution in [3.05, 3.63) is 53.7 Å². The van der Waals surface area contributed by atoms with Crippen molar-refractivity contribution in [2.45, 2.75) is 6.92 Å². The molecule has 4 N–H and O–H groups in total. The van der Waals surface area contributed by atoms with Crippen LogP contribution in [0.4, 0.5) is 5.69 Å². The van der Waals surface area contributed by atoms with Crippen LogP contribution in [0.2, 0.25) is 0 Å². The highest BCUT2D eigenvalue weighted by Gasteiger charge is 2.05. The van der Waals surface area contributed by atoms with Gasteiger partial charge >= 0.3 is 0 Å². The minimum Gasteiger partial charge on any atom is -0.401 e. The smallest absolute Gasteiger partial charge is 0.143 e. The van der Waals surface area contributed by atoms with Crippen molar-refractivity contribution < 1.29 is 0 Å². The molecule has 0 aliphatic heterocycles. The molecule has 0 unspecified atom stereocenters. The molecule has 0 saturated carbocycles. The molecule has 0 radical (unpaired) electrons. The lowest BCUT2D eigenvalue weighted by molar-refractivity contribution is 1.27. The summed E-state index contributed by atoms with van der Waals surface area (Å²) in [5.41, 5.74) is 12.7. The third kappa shape index (κ3) is 2.72. The number of nitrogens with two attached hydrogens (primary N) is 2. The maximum atomic E-state index is 8.97. The molecule has 2 aromatic carbocycles. The molecule has 0 aliphatic carbocycles. The van der Waals surface area contributed by atoms with Gasteiger partial charge in [-0.05, 0) is 29.8 Å². The zero-order chi connectivity index (χ0) is 13.8. The molecule has 0 bridgehead atoms. The standard InChI is InChI=1S/C15H14N4/c1-10(17)14(9-16)15(18)19-13-7-6-11-4-2-3-5-12(11)8-13/h2-8H,17H2,1H3,(H2,18,19). The van der Waals surface area contributed by atoms with Crippen LogP contribution in [-0.2, 0) is 0 Å². The van der Waals surface area contributed by atoms with Crippen LogP contribution in [0.15, 0.2) is 58.7 Å². The quantitative estimate of drug-likeness (QED) is 0.487. The third-order valence-electron chi connectivity index (χ3n) is 2.74. The molecule has 2 aromatic rings. The van der Waals surface area contributed by atoms with Crippen molar-refractivity contribution in [1.82, 2.24) is 0 Å². The Morgan fingerprint density at radius 1 is 1.11 bits per heavy atom. The molecule has 0 heterocycles. The maximum Gasteiger partial charge on any atom is 0.143 e. The summed E-state index contributed by atoms with van der Waals surface area (Å²) in [6.45, 7) is 1.63. The van der Waals surface area contributed by atoms with Gasteiger partial charge in [0.2, 0.25) is 0 Å². The average molecular weight is 250 g/mol. The fraction of sp³-hybridized carbons (Fsp3) is 0.0667. The molecule has 0 atom stereocenters. The van der Waals surface area contributed by atoms with Crippen molar-refractivity contribution in [2.24, 2.45) is 16.5 Å². The molecular weight excluding hydrogens is 236 g/mol. The first-order chi connectivity index (χ1) is 9.11. The molecule has 0 aliphatic rings. The van der Waals surface area contributed by atoms with E-state index in [0.717, 1.165) is 10.8 Å². The second-order valence-electron chi connectivity index (χ2n) is 4.20. The summed E-state index contributed by atoms with van der Waals surface area (Å²) >= 11 is 0. The van der Waals surface area contributed by atoms with Crippen LogP contribution in [0.3, 0.4) is 0 Å².